The molecule has 0 saturated heterocycles. The van der Waals surface area contributed by atoms with Crippen molar-refractivity contribution < 1.29 is 9.53 Å². The maximum absolute atomic E-state index is 11.2. The van der Waals surface area contributed by atoms with E-state index in [-0.39, 0.29) is 12.0 Å². The Hall–Kier alpha value is -0.610. The summed E-state index contributed by atoms with van der Waals surface area (Å²) >= 11 is 0. The normalized spacial score (nSPS) is 17.4. The molecule has 4 heteroatoms. The van der Waals surface area contributed by atoms with E-state index in [4.69, 9.17) is 10.5 Å². The van der Waals surface area contributed by atoms with Gasteiger partial charge in [0, 0.05) is 0 Å². The van der Waals surface area contributed by atoms with Gasteiger partial charge in [-0.2, -0.15) is 0 Å². The van der Waals surface area contributed by atoms with Crippen molar-refractivity contribution >= 4 is 5.91 Å². The van der Waals surface area contributed by atoms with Crippen molar-refractivity contribution in [3.05, 3.63) is 0 Å². The van der Waals surface area contributed by atoms with Crippen molar-refractivity contribution in [2.24, 2.45) is 5.73 Å². The predicted octanol–water partition coefficient (Wildman–Crippen LogP) is 0.655. The predicted molar refractivity (Wildman–Crippen MR) is 57.0 cm³/mol. The molecule has 1 amide bonds. The smallest absolute Gasteiger partial charge is 0.239 e. The Bertz CT molecular complexity index is 185. The molecule has 0 aromatic carbocycles. The van der Waals surface area contributed by atoms with Crippen LogP contribution in [0.3, 0.4) is 0 Å². The molecule has 0 heterocycles. The van der Waals surface area contributed by atoms with E-state index in [1.807, 2.05) is 20.8 Å². The van der Waals surface area contributed by atoms with Gasteiger partial charge in [0.05, 0.1) is 12.7 Å². The number of nitrogens with one attached hydrogen (secondary N) is 1. The number of hydrogen-bond acceptors (Lipinski definition) is 3. The van der Waals surface area contributed by atoms with Crippen molar-refractivity contribution in [3.8, 4) is 0 Å². The van der Waals surface area contributed by atoms with Crippen LogP contribution in [0.1, 0.15) is 34.1 Å². The third kappa shape index (κ3) is 4.07. The van der Waals surface area contributed by atoms with E-state index < -0.39 is 5.54 Å². The molecule has 2 atom stereocenters. The number of likely N-dealkylation sites (N-methyl/N-ethyl adjacent to an activating group) is 1. The van der Waals surface area contributed by atoms with Crippen molar-refractivity contribution in [2.75, 3.05) is 13.2 Å². The zero-order valence-electron chi connectivity index (χ0n) is 9.59. The van der Waals surface area contributed by atoms with Crippen LogP contribution in [0.25, 0.3) is 0 Å². The molecule has 0 rings (SSSR count). The van der Waals surface area contributed by atoms with E-state index in [1.54, 1.807) is 6.92 Å². The maximum atomic E-state index is 11.2. The molecule has 2 unspecified atom stereocenters. The zero-order chi connectivity index (χ0) is 11.2. The van der Waals surface area contributed by atoms with Crippen LogP contribution in [-0.2, 0) is 9.53 Å². The van der Waals surface area contributed by atoms with Crippen LogP contribution in [0.2, 0.25) is 0 Å². The molecule has 0 aliphatic carbocycles. The van der Waals surface area contributed by atoms with Gasteiger partial charge >= 0.3 is 0 Å². The number of nitrogens with two attached hydrogens (primary N) is 1. The molecule has 0 aliphatic rings. The number of carbonyl (C=O) groups is 1. The zero-order valence-corrected chi connectivity index (χ0v) is 9.59. The lowest BCUT2D eigenvalue weighted by Crippen LogP contribution is -2.56. The standard InChI is InChI=1S/C10H22N2O2/c1-5-8(3)14-7-10(4,9(11)13)12-6-2/h8,12H,5-7H2,1-4H3,(H2,11,13). The molecule has 14 heavy (non-hydrogen) atoms. The van der Waals surface area contributed by atoms with Crippen molar-refractivity contribution in [3.63, 3.8) is 0 Å². The van der Waals surface area contributed by atoms with Crippen molar-refractivity contribution in [1.29, 1.82) is 0 Å². The molecule has 3 N–H and O–H groups in total. The maximum Gasteiger partial charge on any atom is 0.239 e. The minimum atomic E-state index is -0.752. The van der Waals surface area contributed by atoms with E-state index in [2.05, 4.69) is 5.32 Å². The summed E-state index contributed by atoms with van der Waals surface area (Å²) in [6, 6.07) is 0. The van der Waals surface area contributed by atoms with Gasteiger partial charge in [0.2, 0.25) is 5.91 Å². The van der Waals surface area contributed by atoms with E-state index in [9.17, 15) is 4.79 Å². The molecule has 0 aromatic rings. The Kier molecular flexibility index (Phi) is 5.72. The number of ether oxygens (including phenoxy) is 1. The summed E-state index contributed by atoms with van der Waals surface area (Å²) in [7, 11) is 0. The second-order valence-electron chi connectivity index (χ2n) is 3.76. The lowest BCUT2D eigenvalue weighted by Gasteiger charge is -2.28. The fourth-order valence-electron chi connectivity index (χ4n) is 1.03. The van der Waals surface area contributed by atoms with Crippen LogP contribution in [0.4, 0.5) is 0 Å². The third-order valence-corrected chi connectivity index (χ3v) is 2.34. The van der Waals surface area contributed by atoms with Gasteiger partial charge in [0.15, 0.2) is 0 Å². The average molecular weight is 202 g/mol. The minimum Gasteiger partial charge on any atom is -0.376 e. The van der Waals surface area contributed by atoms with Gasteiger partial charge in [-0.15, -0.1) is 0 Å². The topological polar surface area (TPSA) is 64.3 Å². The lowest BCUT2D eigenvalue weighted by atomic mass is 10.0. The van der Waals surface area contributed by atoms with Crippen LogP contribution in [0.15, 0.2) is 0 Å². The van der Waals surface area contributed by atoms with Gasteiger partial charge < -0.3 is 15.8 Å². The summed E-state index contributed by atoms with van der Waals surface area (Å²) in [6.45, 7) is 8.74. The molecular weight excluding hydrogens is 180 g/mol. The Morgan fingerprint density at radius 2 is 2.14 bits per heavy atom. The average Bonchev–Trinajstić information content (AvgIpc) is 2.14. The Morgan fingerprint density at radius 1 is 1.57 bits per heavy atom. The molecule has 84 valence electrons. The van der Waals surface area contributed by atoms with Gasteiger partial charge in [0.25, 0.3) is 0 Å². The number of hydrogen-bond donors (Lipinski definition) is 2. The van der Waals surface area contributed by atoms with Crippen LogP contribution in [0, 0.1) is 0 Å². The van der Waals surface area contributed by atoms with E-state index in [0.717, 1.165) is 6.42 Å². The summed E-state index contributed by atoms with van der Waals surface area (Å²) in [5.41, 5.74) is 4.55. The van der Waals surface area contributed by atoms with E-state index in [0.29, 0.717) is 13.2 Å². The fourth-order valence-corrected chi connectivity index (χ4v) is 1.03. The first kappa shape index (κ1) is 13.4. The quantitative estimate of drug-likeness (QED) is 0.637. The van der Waals surface area contributed by atoms with Crippen LogP contribution in [-0.4, -0.2) is 30.7 Å². The molecule has 0 spiro atoms. The highest BCUT2D eigenvalue weighted by atomic mass is 16.5. The molecule has 0 radical (unpaired) electrons. The van der Waals surface area contributed by atoms with Crippen LogP contribution < -0.4 is 11.1 Å². The highest BCUT2D eigenvalue weighted by molar-refractivity contribution is 5.84. The van der Waals surface area contributed by atoms with Gasteiger partial charge in [-0.1, -0.05) is 13.8 Å². The summed E-state index contributed by atoms with van der Waals surface area (Å²) < 4.78 is 5.51. The number of amides is 1. The second-order valence-corrected chi connectivity index (χ2v) is 3.76. The van der Waals surface area contributed by atoms with Gasteiger partial charge in [-0.25, -0.2) is 0 Å². The SMILES string of the molecule is CCNC(C)(COC(C)CC)C(N)=O. The first-order chi connectivity index (χ1) is 6.46. The summed E-state index contributed by atoms with van der Waals surface area (Å²) in [5.74, 6) is -0.373. The number of rotatable bonds is 7. The van der Waals surface area contributed by atoms with Crippen LogP contribution >= 0.6 is 0 Å². The molecule has 0 fully saturated rings. The molecule has 0 aliphatic heterocycles. The van der Waals surface area contributed by atoms with Crippen molar-refractivity contribution in [2.45, 2.75) is 45.8 Å². The summed E-state index contributed by atoms with van der Waals surface area (Å²) in [4.78, 5) is 11.2. The van der Waals surface area contributed by atoms with Crippen LogP contribution in [0.5, 0.6) is 0 Å². The van der Waals surface area contributed by atoms with E-state index in [1.165, 1.54) is 0 Å². The van der Waals surface area contributed by atoms with Gasteiger partial charge in [-0.3, -0.25) is 4.79 Å². The van der Waals surface area contributed by atoms with E-state index >= 15 is 0 Å². The molecule has 0 saturated carbocycles. The molecule has 4 nitrogen and oxygen atoms in total. The van der Waals surface area contributed by atoms with Crippen molar-refractivity contribution in [1.82, 2.24) is 5.32 Å². The molecule has 0 aromatic heterocycles. The monoisotopic (exact) mass is 202 g/mol. The highest BCUT2D eigenvalue weighted by Crippen LogP contribution is 2.06. The molecular formula is C10H22N2O2. The molecule has 0 bridgehead atoms. The second kappa shape index (κ2) is 5.98. The minimum absolute atomic E-state index is 0.160. The van der Waals surface area contributed by atoms with Gasteiger partial charge in [-0.05, 0) is 26.8 Å². The lowest BCUT2D eigenvalue weighted by molar-refractivity contribution is -0.127. The summed E-state index contributed by atoms with van der Waals surface area (Å²) in [6.07, 6.45) is 1.09. The number of carbonyl (C=O) groups excluding carboxylic acids is 1. The third-order valence-electron chi connectivity index (χ3n) is 2.34. The largest absolute Gasteiger partial charge is 0.376 e. The Balaban J connectivity index is 4.16. The highest BCUT2D eigenvalue weighted by Gasteiger charge is 2.30. The first-order valence-electron chi connectivity index (χ1n) is 5.12. The Morgan fingerprint density at radius 3 is 2.50 bits per heavy atom. The first-order valence-corrected chi connectivity index (χ1v) is 5.12. The number of primary amides is 1. The van der Waals surface area contributed by atoms with Gasteiger partial charge in [0.1, 0.15) is 5.54 Å². The Labute approximate surface area is 86.2 Å². The summed E-state index contributed by atoms with van der Waals surface area (Å²) in [5, 5.41) is 3.04. The fraction of sp³-hybridized carbons (Fsp3) is 0.900.